The second kappa shape index (κ2) is 10.2. The summed E-state index contributed by atoms with van der Waals surface area (Å²) >= 11 is 0. The first kappa shape index (κ1) is 23.8. The molecule has 9 heteroatoms. The van der Waals surface area contributed by atoms with E-state index < -0.39 is 16.8 Å². The largest absolute Gasteiger partial charge is 0.338 e. The molecule has 0 bridgehead atoms. The Kier molecular flexibility index (Phi) is 7.54. The molecule has 1 aliphatic rings. The lowest BCUT2D eigenvalue weighted by Gasteiger charge is -2.31. The first-order valence-electron chi connectivity index (χ1n) is 11.7. The number of fused-ring (bicyclic) bond motifs is 1. The molecular weight excluding hydrogens is 408 g/mol. The molecule has 3 rings (SSSR count). The zero-order valence-electron chi connectivity index (χ0n) is 19.4. The Hall–Kier alpha value is -2.89. The van der Waals surface area contributed by atoms with Crippen molar-refractivity contribution in [1.82, 2.24) is 24.4 Å². The summed E-state index contributed by atoms with van der Waals surface area (Å²) in [6.45, 7) is 7.17. The van der Waals surface area contributed by atoms with E-state index in [0.717, 1.165) is 32.1 Å². The Morgan fingerprint density at radius 3 is 2.59 bits per heavy atom. The molecule has 0 saturated heterocycles. The van der Waals surface area contributed by atoms with Gasteiger partial charge in [0.15, 0.2) is 11.2 Å². The van der Waals surface area contributed by atoms with Crippen LogP contribution in [-0.2, 0) is 24.3 Å². The van der Waals surface area contributed by atoms with E-state index in [4.69, 9.17) is 0 Å². The van der Waals surface area contributed by atoms with E-state index in [1.165, 1.54) is 4.57 Å². The van der Waals surface area contributed by atoms with E-state index in [1.54, 1.807) is 0 Å². The summed E-state index contributed by atoms with van der Waals surface area (Å²) in [4.78, 5) is 44.9. The highest BCUT2D eigenvalue weighted by Crippen LogP contribution is 2.27. The maximum atomic E-state index is 12.7. The number of carbonyl (C=O) groups excluding carboxylic acids is 1. The fourth-order valence-corrected chi connectivity index (χ4v) is 4.47. The van der Waals surface area contributed by atoms with Gasteiger partial charge in [0.25, 0.3) is 5.56 Å². The Labute approximate surface area is 187 Å². The SMILES string of the molecule is CCCCn1c(=O)[nH]c(=O)c2c1nc(CCC(=O)NC1(C#N)CCCCC1)n2CC(C)C. The molecule has 0 radical (unpaired) electrons. The van der Waals surface area contributed by atoms with Crippen molar-refractivity contribution >= 4 is 17.1 Å². The molecule has 9 nitrogen and oxygen atoms in total. The predicted molar refractivity (Wildman–Crippen MR) is 122 cm³/mol. The van der Waals surface area contributed by atoms with E-state index in [1.807, 2.05) is 25.3 Å². The third-order valence-corrected chi connectivity index (χ3v) is 6.12. The second-order valence-electron chi connectivity index (χ2n) is 9.27. The van der Waals surface area contributed by atoms with Crippen LogP contribution in [-0.4, -0.2) is 30.5 Å². The third-order valence-electron chi connectivity index (χ3n) is 6.12. The van der Waals surface area contributed by atoms with Crippen molar-refractivity contribution in [3.63, 3.8) is 0 Å². The number of amides is 1. The number of hydrogen-bond acceptors (Lipinski definition) is 5. The predicted octanol–water partition coefficient (Wildman–Crippen LogP) is 2.62. The molecule has 1 saturated carbocycles. The molecule has 2 N–H and O–H groups in total. The quantitative estimate of drug-likeness (QED) is 0.617. The van der Waals surface area contributed by atoms with E-state index in [2.05, 4.69) is 21.4 Å². The lowest BCUT2D eigenvalue weighted by Crippen LogP contribution is -2.48. The van der Waals surface area contributed by atoms with Crippen LogP contribution in [0.3, 0.4) is 0 Å². The maximum Gasteiger partial charge on any atom is 0.330 e. The topological polar surface area (TPSA) is 126 Å². The van der Waals surface area contributed by atoms with Gasteiger partial charge in [-0.3, -0.25) is 19.1 Å². The van der Waals surface area contributed by atoms with Crippen molar-refractivity contribution in [3.8, 4) is 6.07 Å². The summed E-state index contributed by atoms with van der Waals surface area (Å²) in [5.41, 5.74) is -0.921. The number of imidazole rings is 1. The average Bonchev–Trinajstić information content (AvgIpc) is 3.10. The van der Waals surface area contributed by atoms with Crippen LogP contribution in [0.4, 0.5) is 0 Å². The molecular formula is C23H34N6O3. The van der Waals surface area contributed by atoms with Gasteiger partial charge >= 0.3 is 5.69 Å². The molecule has 0 unspecified atom stereocenters. The number of H-pyrrole nitrogens is 1. The zero-order valence-corrected chi connectivity index (χ0v) is 19.4. The molecule has 0 spiro atoms. The number of aryl methyl sites for hydroxylation is 2. The highest BCUT2D eigenvalue weighted by Gasteiger charge is 2.33. The first-order valence-corrected chi connectivity index (χ1v) is 11.7. The van der Waals surface area contributed by atoms with Gasteiger partial charge in [0.05, 0.1) is 6.07 Å². The Morgan fingerprint density at radius 1 is 1.25 bits per heavy atom. The minimum absolute atomic E-state index is 0.169. The van der Waals surface area contributed by atoms with Crippen LogP contribution in [0, 0.1) is 17.2 Å². The summed E-state index contributed by atoms with van der Waals surface area (Å²) < 4.78 is 3.36. The second-order valence-corrected chi connectivity index (χ2v) is 9.27. The summed E-state index contributed by atoms with van der Waals surface area (Å²) in [5.74, 6) is 0.674. The molecule has 1 fully saturated rings. The number of nitrogens with one attached hydrogen (secondary N) is 2. The van der Waals surface area contributed by atoms with Gasteiger partial charge in [-0.1, -0.05) is 46.5 Å². The van der Waals surface area contributed by atoms with Gasteiger partial charge in [-0.2, -0.15) is 5.26 Å². The Bertz CT molecular complexity index is 1110. The molecule has 32 heavy (non-hydrogen) atoms. The Balaban J connectivity index is 1.90. The number of aromatic nitrogens is 4. The van der Waals surface area contributed by atoms with Crippen molar-refractivity contribution in [3.05, 3.63) is 26.7 Å². The summed E-state index contributed by atoms with van der Waals surface area (Å²) in [6.07, 6.45) is 6.54. The first-order chi connectivity index (χ1) is 15.3. The van der Waals surface area contributed by atoms with Gasteiger partial charge in [-0.25, -0.2) is 9.78 Å². The molecule has 1 amide bonds. The van der Waals surface area contributed by atoms with E-state index in [-0.39, 0.29) is 18.2 Å². The highest BCUT2D eigenvalue weighted by atomic mass is 16.2. The van der Waals surface area contributed by atoms with E-state index in [0.29, 0.717) is 49.3 Å². The molecule has 174 valence electrons. The van der Waals surface area contributed by atoms with Gasteiger partial charge in [0, 0.05) is 25.9 Å². The van der Waals surface area contributed by atoms with E-state index >= 15 is 0 Å². The molecule has 0 atom stereocenters. The number of nitriles is 1. The molecule has 2 aromatic rings. The van der Waals surface area contributed by atoms with Gasteiger partial charge in [0.2, 0.25) is 5.91 Å². The number of unbranched alkanes of at least 4 members (excludes halogenated alkanes) is 1. The number of hydrogen-bond donors (Lipinski definition) is 2. The number of rotatable bonds is 9. The Morgan fingerprint density at radius 2 is 1.97 bits per heavy atom. The summed E-state index contributed by atoms with van der Waals surface area (Å²) in [7, 11) is 0. The summed E-state index contributed by atoms with van der Waals surface area (Å²) in [6, 6.07) is 2.31. The van der Waals surface area contributed by atoms with Crippen LogP contribution in [0.25, 0.3) is 11.2 Å². The van der Waals surface area contributed by atoms with Crippen LogP contribution in [0.2, 0.25) is 0 Å². The standard InChI is InChI=1S/C23H34N6O3/c1-4-5-13-28-20-19(21(31)26-22(28)32)29(14-16(2)3)17(25-20)9-10-18(30)27-23(15-24)11-7-6-8-12-23/h16H,4-14H2,1-3H3,(H,27,30)(H,26,31,32). The maximum absolute atomic E-state index is 12.7. The molecule has 2 aromatic heterocycles. The van der Waals surface area contributed by atoms with Crippen LogP contribution in [0.1, 0.15) is 78.0 Å². The highest BCUT2D eigenvalue weighted by molar-refractivity contribution is 5.78. The smallest absolute Gasteiger partial charge is 0.330 e. The number of carbonyl (C=O) groups is 1. The lowest BCUT2D eigenvalue weighted by molar-refractivity contribution is -0.122. The van der Waals surface area contributed by atoms with Crippen molar-refractivity contribution in [1.29, 1.82) is 5.26 Å². The minimum Gasteiger partial charge on any atom is -0.338 e. The fraction of sp³-hybridized carbons (Fsp3) is 0.696. The van der Waals surface area contributed by atoms with Gasteiger partial charge in [-0.15, -0.1) is 0 Å². The van der Waals surface area contributed by atoms with Crippen molar-refractivity contribution < 1.29 is 4.79 Å². The third kappa shape index (κ3) is 5.12. The van der Waals surface area contributed by atoms with Crippen molar-refractivity contribution in [2.24, 2.45) is 5.92 Å². The van der Waals surface area contributed by atoms with Crippen LogP contribution < -0.4 is 16.6 Å². The van der Waals surface area contributed by atoms with Crippen LogP contribution in [0.15, 0.2) is 9.59 Å². The minimum atomic E-state index is -0.773. The lowest BCUT2D eigenvalue weighted by atomic mass is 9.83. The number of aromatic amines is 1. The summed E-state index contributed by atoms with van der Waals surface area (Å²) in [5, 5.41) is 12.6. The molecule has 1 aliphatic carbocycles. The van der Waals surface area contributed by atoms with Crippen LogP contribution in [0.5, 0.6) is 0 Å². The molecule has 2 heterocycles. The molecule has 0 aliphatic heterocycles. The normalized spacial score (nSPS) is 15.7. The van der Waals surface area contributed by atoms with Crippen LogP contribution >= 0.6 is 0 Å². The van der Waals surface area contributed by atoms with Gasteiger partial charge < -0.3 is 9.88 Å². The van der Waals surface area contributed by atoms with E-state index in [9.17, 15) is 19.6 Å². The monoisotopic (exact) mass is 442 g/mol. The van der Waals surface area contributed by atoms with Gasteiger partial charge in [0.1, 0.15) is 11.4 Å². The van der Waals surface area contributed by atoms with Crippen molar-refractivity contribution in [2.75, 3.05) is 0 Å². The fourth-order valence-electron chi connectivity index (χ4n) is 4.47. The average molecular weight is 443 g/mol. The molecule has 0 aromatic carbocycles. The number of nitrogens with zero attached hydrogens (tertiary/aromatic N) is 4. The van der Waals surface area contributed by atoms with Crippen molar-refractivity contribution in [2.45, 2.75) is 97.2 Å². The van der Waals surface area contributed by atoms with Gasteiger partial charge in [-0.05, 0) is 25.2 Å². The zero-order chi connectivity index (χ0) is 23.3.